The van der Waals surface area contributed by atoms with Crippen molar-refractivity contribution in [3.05, 3.63) is 6.33 Å². The standard InChI is InChI=1S/C8H13N5.ClH/c1-2-12-4-7(1)3-8(5-12)13-10-6-9-11-13;/h6-8H,1-5H2;1H. The molecule has 2 fully saturated rings. The van der Waals surface area contributed by atoms with Crippen LogP contribution < -0.4 is 0 Å². The zero-order chi connectivity index (χ0) is 8.67. The normalized spacial score (nSPS) is 35.3. The highest BCUT2D eigenvalue weighted by Crippen LogP contribution is 2.31. The van der Waals surface area contributed by atoms with Gasteiger partial charge in [-0.15, -0.1) is 22.6 Å². The molecule has 3 rings (SSSR count). The Morgan fingerprint density at radius 1 is 1.29 bits per heavy atom. The molecular weight excluding hydrogens is 202 g/mol. The van der Waals surface area contributed by atoms with Gasteiger partial charge in [-0.2, -0.15) is 4.80 Å². The second-order valence-corrected chi connectivity index (χ2v) is 4.06. The van der Waals surface area contributed by atoms with E-state index in [0.717, 1.165) is 12.5 Å². The van der Waals surface area contributed by atoms with E-state index in [1.54, 1.807) is 4.80 Å². The van der Waals surface area contributed by atoms with Crippen LogP contribution in [-0.4, -0.2) is 44.7 Å². The van der Waals surface area contributed by atoms with E-state index in [-0.39, 0.29) is 12.4 Å². The van der Waals surface area contributed by atoms with Crippen LogP contribution in [0, 0.1) is 5.92 Å². The van der Waals surface area contributed by atoms with Crippen molar-refractivity contribution in [3.63, 3.8) is 0 Å². The molecule has 1 aromatic heterocycles. The smallest absolute Gasteiger partial charge is 0.162 e. The third-order valence-corrected chi connectivity index (χ3v) is 3.14. The number of hydrogen-bond donors (Lipinski definition) is 0. The number of fused-ring (bicyclic) bond motifs is 2. The van der Waals surface area contributed by atoms with E-state index in [1.807, 2.05) is 0 Å². The SMILES string of the molecule is Cl.c1nnn(C2CC3CCN(C3)C2)n1. The fourth-order valence-electron chi connectivity index (χ4n) is 2.54. The van der Waals surface area contributed by atoms with Gasteiger partial charge in [0.15, 0.2) is 6.33 Å². The molecule has 2 saturated heterocycles. The molecule has 0 aromatic carbocycles. The van der Waals surface area contributed by atoms with Gasteiger partial charge < -0.3 is 4.90 Å². The van der Waals surface area contributed by atoms with E-state index in [1.165, 1.54) is 32.3 Å². The molecule has 6 heteroatoms. The molecule has 0 N–H and O–H groups in total. The second-order valence-electron chi connectivity index (χ2n) is 4.06. The maximum atomic E-state index is 4.10. The number of aromatic nitrogens is 4. The summed E-state index contributed by atoms with van der Waals surface area (Å²) in [5.41, 5.74) is 0. The Morgan fingerprint density at radius 3 is 2.93 bits per heavy atom. The van der Waals surface area contributed by atoms with Gasteiger partial charge in [-0.1, -0.05) is 0 Å². The quantitative estimate of drug-likeness (QED) is 0.679. The topological polar surface area (TPSA) is 46.8 Å². The van der Waals surface area contributed by atoms with Crippen molar-refractivity contribution in [2.24, 2.45) is 5.92 Å². The van der Waals surface area contributed by atoms with Crippen LogP contribution in [-0.2, 0) is 0 Å². The van der Waals surface area contributed by atoms with Crippen molar-refractivity contribution >= 4 is 12.4 Å². The summed E-state index contributed by atoms with van der Waals surface area (Å²) in [6, 6.07) is 0.462. The first-order valence-electron chi connectivity index (χ1n) is 4.86. The van der Waals surface area contributed by atoms with E-state index < -0.39 is 0 Å². The Hall–Kier alpha value is -0.680. The van der Waals surface area contributed by atoms with Crippen molar-refractivity contribution in [2.75, 3.05) is 19.6 Å². The number of halogens is 1. The van der Waals surface area contributed by atoms with Crippen molar-refractivity contribution in [2.45, 2.75) is 18.9 Å². The van der Waals surface area contributed by atoms with Crippen LogP contribution in [0.5, 0.6) is 0 Å². The zero-order valence-electron chi connectivity index (χ0n) is 7.91. The van der Waals surface area contributed by atoms with Crippen molar-refractivity contribution in [1.82, 2.24) is 25.1 Å². The first-order valence-corrected chi connectivity index (χ1v) is 4.86. The highest BCUT2D eigenvalue weighted by molar-refractivity contribution is 5.85. The molecule has 1 aromatic rings. The molecule has 0 aliphatic carbocycles. The Kier molecular flexibility index (Phi) is 2.69. The molecule has 3 atom stereocenters. The summed E-state index contributed by atoms with van der Waals surface area (Å²) in [5, 5.41) is 11.8. The van der Waals surface area contributed by atoms with Crippen molar-refractivity contribution in [3.8, 4) is 0 Å². The number of tetrazole rings is 1. The average Bonchev–Trinajstić information content (AvgIpc) is 2.75. The van der Waals surface area contributed by atoms with Crippen molar-refractivity contribution < 1.29 is 0 Å². The summed E-state index contributed by atoms with van der Waals surface area (Å²) in [6.45, 7) is 3.65. The maximum absolute atomic E-state index is 4.10. The monoisotopic (exact) mass is 215 g/mol. The Bertz CT molecular complexity index is 276. The van der Waals surface area contributed by atoms with Crippen LogP contribution in [0.1, 0.15) is 18.9 Å². The lowest BCUT2D eigenvalue weighted by molar-refractivity contribution is 0.181. The van der Waals surface area contributed by atoms with Gasteiger partial charge in [-0.3, -0.25) is 0 Å². The first-order chi connectivity index (χ1) is 6.42. The Labute approximate surface area is 88.9 Å². The molecular formula is C8H14ClN5. The van der Waals surface area contributed by atoms with Gasteiger partial charge in [-0.05, 0) is 30.5 Å². The third-order valence-electron chi connectivity index (χ3n) is 3.14. The summed E-state index contributed by atoms with van der Waals surface area (Å²) in [4.78, 5) is 4.27. The Balaban J connectivity index is 0.000000750. The molecule has 78 valence electrons. The minimum Gasteiger partial charge on any atom is -0.301 e. The lowest BCUT2D eigenvalue weighted by atomic mass is 9.97. The lowest BCUT2D eigenvalue weighted by Gasteiger charge is -2.28. The summed E-state index contributed by atoms with van der Waals surface area (Å²) in [5.74, 6) is 0.866. The number of piperidine rings is 1. The molecule has 0 saturated carbocycles. The summed E-state index contributed by atoms with van der Waals surface area (Å²) in [7, 11) is 0. The van der Waals surface area contributed by atoms with Crippen LogP contribution in [0.4, 0.5) is 0 Å². The first kappa shape index (κ1) is 9.86. The third kappa shape index (κ3) is 1.62. The largest absolute Gasteiger partial charge is 0.301 e. The molecule has 0 radical (unpaired) electrons. The molecule has 0 amide bonds. The summed E-state index contributed by atoms with van der Waals surface area (Å²) >= 11 is 0. The molecule has 0 spiro atoms. The van der Waals surface area contributed by atoms with Crippen LogP contribution >= 0.6 is 12.4 Å². The number of rotatable bonds is 1. The van der Waals surface area contributed by atoms with Gasteiger partial charge in [-0.25, -0.2) is 0 Å². The molecule has 2 bridgehead atoms. The van der Waals surface area contributed by atoms with E-state index >= 15 is 0 Å². The van der Waals surface area contributed by atoms with Crippen LogP contribution in [0.15, 0.2) is 6.33 Å². The fourth-order valence-corrected chi connectivity index (χ4v) is 2.54. The van der Waals surface area contributed by atoms with Crippen LogP contribution in [0.25, 0.3) is 0 Å². The maximum Gasteiger partial charge on any atom is 0.162 e. The molecule has 2 aliphatic heterocycles. The summed E-state index contributed by atoms with van der Waals surface area (Å²) < 4.78 is 0. The van der Waals surface area contributed by atoms with Gasteiger partial charge in [0.1, 0.15) is 0 Å². The lowest BCUT2D eigenvalue weighted by Crippen LogP contribution is -2.35. The van der Waals surface area contributed by atoms with Gasteiger partial charge >= 0.3 is 0 Å². The van der Waals surface area contributed by atoms with Gasteiger partial charge in [0, 0.05) is 13.1 Å². The van der Waals surface area contributed by atoms with Gasteiger partial charge in [0.25, 0.3) is 0 Å². The molecule has 5 nitrogen and oxygen atoms in total. The van der Waals surface area contributed by atoms with Crippen LogP contribution in [0.2, 0.25) is 0 Å². The molecule has 3 heterocycles. The highest BCUT2D eigenvalue weighted by atomic mass is 35.5. The summed E-state index contributed by atoms with van der Waals surface area (Å²) in [6.07, 6.45) is 4.10. The molecule has 3 unspecified atom stereocenters. The highest BCUT2D eigenvalue weighted by Gasteiger charge is 2.33. The fraction of sp³-hybridized carbons (Fsp3) is 0.875. The van der Waals surface area contributed by atoms with E-state index in [4.69, 9.17) is 0 Å². The van der Waals surface area contributed by atoms with E-state index in [2.05, 4.69) is 20.3 Å². The molecule has 2 aliphatic rings. The van der Waals surface area contributed by atoms with Crippen molar-refractivity contribution in [1.29, 1.82) is 0 Å². The zero-order valence-corrected chi connectivity index (χ0v) is 8.73. The predicted octanol–water partition coefficient (Wildman–Crippen LogP) is 0.362. The van der Waals surface area contributed by atoms with E-state index in [9.17, 15) is 0 Å². The minimum absolute atomic E-state index is 0. The number of nitrogens with zero attached hydrogens (tertiary/aromatic N) is 5. The number of hydrogen-bond acceptors (Lipinski definition) is 4. The minimum atomic E-state index is 0. The van der Waals surface area contributed by atoms with Crippen LogP contribution in [0.3, 0.4) is 0 Å². The average molecular weight is 216 g/mol. The Morgan fingerprint density at radius 2 is 2.21 bits per heavy atom. The van der Waals surface area contributed by atoms with E-state index in [0.29, 0.717) is 6.04 Å². The predicted molar refractivity (Wildman–Crippen MR) is 53.3 cm³/mol. The second kappa shape index (κ2) is 3.82. The van der Waals surface area contributed by atoms with Gasteiger partial charge in [0.05, 0.1) is 6.04 Å². The van der Waals surface area contributed by atoms with Gasteiger partial charge in [0.2, 0.25) is 0 Å². The molecule has 14 heavy (non-hydrogen) atoms.